The Balaban J connectivity index is 1.44. The Hall–Kier alpha value is -1.35. The molecule has 1 saturated carbocycles. The van der Waals surface area contributed by atoms with Crippen LogP contribution < -0.4 is 0 Å². The summed E-state index contributed by atoms with van der Waals surface area (Å²) < 4.78 is 8.25. The van der Waals surface area contributed by atoms with Crippen LogP contribution in [-0.4, -0.2) is 25.3 Å². The summed E-state index contributed by atoms with van der Waals surface area (Å²) in [6, 6.07) is 7.85. The summed E-state index contributed by atoms with van der Waals surface area (Å²) in [4.78, 5) is 16.4. The Kier molecular flexibility index (Phi) is 4.14. The van der Waals surface area contributed by atoms with Crippen LogP contribution in [-0.2, 0) is 16.1 Å². The van der Waals surface area contributed by atoms with Crippen molar-refractivity contribution in [1.82, 2.24) is 4.98 Å². The Morgan fingerprint density at radius 2 is 2.00 bits per heavy atom. The molecule has 2 aliphatic carbocycles. The number of carbonyl (C=O) groups is 1. The van der Waals surface area contributed by atoms with Gasteiger partial charge in [0.15, 0.2) is 0 Å². The van der Waals surface area contributed by atoms with Gasteiger partial charge in [-0.15, -0.1) is 0 Å². The number of ether oxygens (including phenoxy) is 1. The second-order valence-corrected chi connectivity index (χ2v) is 8.85. The Labute approximate surface area is 146 Å². The molecule has 1 fully saturated rings. The molecule has 5 heteroatoms. The van der Waals surface area contributed by atoms with Crippen molar-refractivity contribution in [1.29, 1.82) is 0 Å². The number of hydrogen-bond acceptors (Lipinski definition) is 3. The fraction of sp³-hybridized carbons (Fsp3) is 0.333. The molecule has 0 aliphatic heterocycles. The summed E-state index contributed by atoms with van der Waals surface area (Å²) in [5.74, 6) is 1.81. The summed E-state index contributed by atoms with van der Waals surface area (Å²) in [5, 5.41) is 0.744. The zero-order chi connectivity index (χ0) is 15.8. The predicted octanol–water partition coefficient (Wildman–Crippen LogP) is 3.86. The second kappa shape index (κ2) is 6.27. The van der Waals surface area contributed by atoms with Gasteiger partial charge in [0.2, 0.25) is 0 Å². The zero-order valence-electron chi connectivity index (χ0n) is 12.5. The van der Waals surface area contributed by atoms with Gasteiger partial charge in [0.1, 0.15) is 0 Å². The molecule has 0 saturated heterocycles. The fourth-order valence-electron chi connectivity index (χ4n) is 3.30. The van der Waals surface area contributed by atoms with Gasteiger partial charge in [-0.25, -0.2) is 0 Å². The number of halogens is 1. The molecule has 2 aliphatic rings. The Morgan fingerprint density at radius 3 is 2.83 bits per heavy atom. The molecule has 1 aromatic heterocycles. The number of nitrogens with zero attached hydrogens (tertiary/aromatic N) is 1. The first kappa shape index (κ1) is 15.2. The van der Waals surface area contributed by atoms with Crippen LogP contribution in [0.4, 0.5) is 0 Å². The third-order valence-electron chi connectivity index (χ3n) is 4.57. The molecule has 2 bridgehead atoms. The molecule has 2 aromatic rings. The van der Waals surface area contributed by atoms with Crippen LogP contribution in [0, 0.1) is 11.8 Å². The van der Waals surface area contributed by atoms with E-state index in [0.29, 0.717) is 12.5 Å². The van der Waals surface area contributed by atoms with Crippen LogP contribution in [0.2, 0.25) is 5.02 Å². The molecule has 3 nitrogen and oxygen atoms in total. The number of fused-ring (bicyclic) bond motifs is 2. The first-order valence-electron chi connectivity index (χ1n) is 7.78. The second-order valence-electron chi connectivity index (χ2n) is 6.07. The van der Waals surface area contributed by atoms with E-state index in [9.17, 15) is 4.79 Å². The molecular weight excluding hydrogens is 377 g/mol. The van der Waals surface area contributed by atoms with E-state index in [1.807, 2.05) is 30.5 Å². The van der Waals surface area contributed by atoms with Crippen LogP contribution in [0.5, 0.6) is 0 Å². The number of carbonyl (C=O) groups excluding carboxylic acids is 1. The zero-order valence-corrected chi connectivity index (χ0v) is 15.0. The van der Waals surface area contributed by atoms with E-state index in [-0.39, 0.29) is 26.2 Å². The molecule has 0 radical (unpaired) electrons. The van der Waals surface area contributed by atoms with Gasteiger partial charge >= 0.3 is 146 Å². The van der Waals surface area contributed by atoms with E-state index in [0.717, 1.165) is 34.6 Å². The number of ketones is 1. The van der Waals surface area contributed by atoms with Crippen LogP contribution in [0.15, 0.2) is 42.3 Å². The maximum atomic E-state index is 11.9. The van der Waals surface area contributed by atoms with E-state index in [2.05, 4.69) is 4.98 Å². The molecule has 1 heterocycles. The average molecular weight is 393 g/mol. The molecule has 118 valence electrons. The molecule has 0 amide bonds. The third-order valence-corrected chi connectivity index (χ3v) is 6.96. The molecule has 2 atom stereocenters. The monoisotopic (exact) mass is 393 g/mol. The quantitative estimate of drug-likeness (QED) is 0.742. The first-order chi connectivity index (χ1) is 11.2. The number of benzene rings is 1. The molecule has 0 spiro atoms. The number of hydrogen-bond donors (Lipinski definition) is 0. The van der Waals surface area contributed by atoms with Crippen molar-refractivity contribution in [3.05, 3.63) is 51.9 Å². The predicted molar refractivity (Wildman–Crippen MR) is 90.3 cm³/mol. The van der Waals surface area contributed by atoms with Gasteiger partial charge in [0.25, 0.3) is 0 Å². The van der Waals surface area contributed by atoms with E-state index >= 15 is 0 Å². The van der Waals surface area contributed by atoms with Crippen molar-refractivity contribution in [2.24, 2.45) is 11.8 Å². The van der Waals surface area contributed by atoms with Gasteiger partial charge in [0, 0.05) is 0 Å². The van der Waals surface area contributed by atoms with Crippen LogP contribution in [0.1, 0.15) is 23.8 Å². The standard InChI is InChI=1S/C18H16ClNO2Se/c19-14-5-3-11(4-6-14)17-9-20-18(23-17)10-22-16-8-15(21)12-1-2-13(16)7-12/h3-6,8-9,12-13H,1-2,7,10H2. The Morgan fingerprint density at radius 1 is 1.22 bits per heavy atom. The topological polar surface area (TPSA) is 39.2 Å². The van der Waals surface area contributed by atoms with Crippen molar-refractivity contribution in [2.45, 2.75) is 25.9 Å². The number of allylic oxidation sites excluding steroid dienone is 2. The summed E-state index contributed by atoms with van der Waals surface area (Å²) in [6.45, 7) is 0.494. The molecule has 4 rings (SSSR count). The summed E-state index contributed by atoms with van der Waals surface area (Å²) >= 11 is 6.10. The van der Waals surface area contributed by atoms with Gasteiger partial charge in [-0.05, 0) is 0 Å². The van der Waals surface area contributed by atoms with Crippen molar-refractivity contribution in [3.8, 4) is 10.0 Å². The van der Waals surface area contributed by atoms with Crippen LogP contribution in [0.3, 0.4) is 0 Å². The summed E-state index contributed by atoms with van der Waals surface area (Å²) in [7, 11) is 0. The number of rotatable bonds is 4. The Bertz CT molecular complexity index is 766. The first-order valence-corrected chi connectivity index (χ1v) is 9.87. The minimum atomic E-state index is 0.172. The van der Waals surface area contributed by atoms with E-state index in [1.165, 1.54) is 10.0 Å². The van der Waals surface area contributed by atoms with E-state index in [1.54, 1.807) is 6.08 Å². The molecule has 1 aromatic carbocycles. The molecule has 2 unspecified atom stereocenters. The summed E-state index contributed by atoms with van der Waals surface area (Å²) in [6.07, 6.45) is 6.71. The third kappa shape index (κ3) is 3.16. The van der Waals surface area contributed by atoms with Gasteiger partial charge in [0.05, 0.1) is 0 Å². The van der Waals surface area contributed by atoms with E-state index < -0.39 is 0 Å². The van der Waals surface area contributed by atoms with Crippen molar-refractivity contribution < 1.29 is 9.53 Å². The SMILES string of the molecule is O=C1C=C(OCc2ncc(-c3ccc(Cl)cc3)[se]2)C2CCC1C2. The molecular formula is C18H16ClNO2Se. The molecule has 23 heavy (non-hydrogen) atoms. The number of aromatic nitrogens is 1. The van der Waals surface area contributed by atoms with Crippen molar-refractivity contribution >= 4 is 31.9 Å². The van der Waals surface area contributed by atoms with Crippen LogP contribution in [0.25, 0.3) is 10.0 Å². The van der Waals surface area contributed by atoms with E-state index in [4.69, 9.17) is 16.3 Å². The van der Waals surface area contributed by atoms with Gasteiger partial charge in [-0.1, -0.05) is 0 Å². The fourth-order valence-corrected chi connectivity index (χ4v) is 5.18. The minimum absolute atomic E-state index is 0.172. The molecule has 0 N–H and O–H groups in total. The van der Waals surface area contributed by atoms with Crippen LogP contribution >= 0.6 is 11.6 Å². The van der Waals surface area contributed by atoms with Crippen molar-refractivity contribution in [2.75, 3.05) is 0 Å². The van der Waals surface area contributed by atoms with Crippen molar-refractivity contribution in [3.63, 3.8) is 0 Å². The average Bonchev–Trinajstić information content (AvgIpc) is 3.19. The van der Waals surface area contributed by atoms with Gasteiger partial charge < -0.3 is 0 Å². The van der Waals surface area contributed by atoms with Gasteiger partial charge in [-0.2, -0.15) is 0 Å². The summed E-state index contributed by atoms with van der Waals surface area (Å²) in [5.41, 5.74) is 1.17. The maximum absolute atomic E-state index is 11.9. The normalized spacial score (nSPS) is 23.0. The van der Waals surface area contributed by atoms with Gasteiger partial charge in [-0.3, -0.25) is 0 Å².